The lowest BCUT2D eigenvalue weighted by Crippen LogP contribution is -2.48. The number of hydrogen-bond donors (Lipinski definition) is 1. The van der Waals surface area contributed by atoms with Crippen LogP contribution in [0.1, 0.15) is 44.9 Å². The molecule has 1 N–H and O–H groups in total. The second kappa shape index (κ2) is 6.50. The van der Waals surface area contributed by atoms with Gasteiger partial charge in [0.25, 0.3) is 0 Å². The van der Waals surface area contributed by atoms with Crippen molar-refractivity contribution in [3.8, 4) is 0 Å². The zero-order chi connectivity index (χ0) is 14.7. The number of likely N-dealkylation sites (tertiary alicyclic amines) is 1. The van der Waals surface area contributed by atoms with Gasteiger partial charge < -0.3 is 9.32 Å². The third-order valence-corrected chi connectivity index (χ3v) is 6.24. The molecule has 21 heavy (non-hydrogen) atoms. The number of hydrogen-bond acceptors (Lipinski definition) is 4. The second-order valence-corrected chi connectivity index (χ2v) is 7.90. The van der Waals surface area contributed by atoms with E-state index in [4.69, 9.17) is 4.42 Å². The van der Waals surface area contributed by atoms with E-state index in [-0.39, 0.29) is 10.9 Å². The SMILES string of the molecule is O=S(=O)(NC1CCN(C2CCCCC2)CC1)c1ccoc1. The van der Waals surface area contributed by atoms with E-state index in [0.717, 1.165) is 32.0 Å². The number of nitrogens with zero attached hydrogens (tertiary/aromatic N) is 1. The molecule has 0 aromatic carbocycles. The number of furan rings is 1. The Balaban J connectivity index is 1.52. The Kier molecular flexibility index (Phi) is 4.66. The van der Waals surface area contributed by atoms with Crippen LogP contribution in [0.15, 0.2) is 27.9 Å². The van der Waals surface area contributed by atoms with Crippen LogP contribution in [-0.2, 0) is 10.0 Å². The van der Waals surface area contributed by atoms with Crippen LogP contribution in [0.3, 0.4) is 0 Å². The molecule has 6 heteroatoms. The summed E-state index contributed by atoms with van der Waals surface area (Å²) in [6.45, 7) is 2.01. The van der Waals surface area contributed by atoms with Gasteiger partial charge in [-0.2, -0.15) is 0 Å². The molecule has 1 aromatic rings. The van der Waals surface area contributed by atoms with Gasteiger partial charge in [-0.05, 0) is 44.8 Å². The predicted molar refractivity (Wildman–Crippen MR) is 80.5 cm³/mol. The molecule has 118 valence electrons. The summed E-state index contributed by atoms with van der Waals surface area (Å²) in [5, 5.41) is 0. The summed E-state index contributed by atoms with van der Waals surface area (Å²) < 4.78 is 32.0. The van der Waals surface area contributed by atoms with E-state index in [1.165, 1.54) is 50.7 Å². The van der Waals surface area contributed by atoms with E-state index in [0.29, 0.717) is 0 Å². The molecule has 1 saturated carbocycles. The van der Waals surface area contributed by atoms with Crippen molar-refractivity contribution in [2.75, 3.05) is 13.1 Å². The van der Waals surface area contributed by atoms with Gasteiger partial charge in [0.1, 0.15) is 11.2 Å². The fourth-order valence-corrected chi connectivity index (χ4v) is 4.75. The van der Waals surface area contributed by atoms with E-state index >= 15 is 0 Å². The number of nitrogens with one attached hydrogen (secondary N) is 1. The molecule has 1 aliphatic carbocycles. The summed E-state index contributed by atoms with van der Waals surface area (Å²) in [4.78, 5) is 2.78. The second-order valence-electron chi connectivity index (χ2n) is 6.18. The molecule has 2 fully saturated rings. The molecule has 0 spiro atoms. The fourth-order valence-electron chi connectivity index (χ4n) is 3.52. The summed E-state index contributed by atoms with van der Waals surface area (Å²) in [6.07, 6.45) is 11.1. The Morgan fingerprint density at radius 2 is 1.81 bits per heavy atom. The van der Waals surface area contributed by atoms with Gasteiger partial charge >= 0.3 is 0 Å². The monoisotopic (exact) mass is 312 g/mol. The zero-order valence-corrected chi connectivity index (χ0v) is 13.1. The first-order valence-corrected chi connectivity index (χ1v) is 9.42. The maximum Gasteiger partial charge on any atom is 0.244 e. The summed E-state index contributed by atoms with van der Waals surface area (Å²) in [7, 11) is -3.42. The van der Waals surface area contributed by atoms with E-state index in [1.54, 1.807) is 0 Å². The molecule has 2 heterocycles. The highest BCUT2D eigenvalue weighted by Gasteiger charge is 2.28. The standard InChI is InChI=1S/C15H24N2O3S/c18-21(19,15-8-11-20-12-15)16-13-6-9-17(10-7-13)14-4-2-1-3-5-14/h8,11-14,16H,1-7,9-10H2. The topological polar surface area (TPSA) is 62.6 Å². The summed E-state index contributed by atoms with van der Waals surface area (Å²) in [5.74, 6) is 0. The summed E-state index contributed by atoms with van der Waals surface area (Å²) in [6, 6.07) is 2.26. The van der Waals surface area contributed by atoms with Crippen LogP contribution in [0.2, 0.25) is 0 Å². The Morgan fingerprint density at radius 3 is 2.43 bits per heavy atom. The first kappa shape index (κ1) is 15.1. The van der Waals surface area contributed by atoms with Crippen molar-refractivity contribution in [2.45, 2.75) is 61.9 Å². The average molecular weight is 312 g/mol. The smallest absolute Gasteiger partial charge is 0.244 e. The van der Waals surface area contributed by atoms with Crippen molar-refractivity contribution < 1.29 is 12.8 Å². The Labute approximate surface area is 126 Å². The molecular formula is C15H24N2O3S. The van der Waals surface area contributed by atoms with Gasteiger partial charge in [0.15, 0.2) is 0 Å². The van der Waals surface area contributed by atoms with Gasteiger partial charge in [-0.1, -0.05) is 19.3 Å². The first-order chi connectivity index (χ1) is 10.1. The maximum atomic E-state index is 12.2. The molecular weight excluding hydrogens is 288 g/mol. The highest BCUT2D eigenvalue weighted by atomic mass is 32.2. The fraction of sp³-hybridized carbons (Fsp3) is 0.733. The molecule has 5 nitrogen and oxygen atoms in total. The van der Waals surface area contributed by atoms with Crippen molar-refractivity contribution in [1.82, 2.24) is 9.62 Å². The average Bonchev–Trinajstić information content (AvgIpc) is 3.04. The Bertz CT molecular complexity index is 527. The van der Waals surface area contributed by atoms with E-state index < -0.39 is 10.0 Å². The van der Waals surface area contributed by atoms with Gasteiger partial charge in [0.05, 0.1) is 6.26 Å². The van der Waals surface area contributed by atoms with Crippen LogP contribution in [0.5, 0.6) is 0 Å². The van der Waals surface area contributed by atoms with Crippen LogP contribution in [-0.4, -0.2) is 38.5 Å². The van der Waals surface area contributed by atoms with Gasteiger partial charge in [-0.3, -0.25) is 0 Å². The lowest BCUT2D eigenvalue weighted by molar-refractivity contribution is 0.120. The highest BCUT2D eigenvalue weighted by molar-refractivity contribution is 7.89. The molecule has 0 amide bonds. The molecule has 3 rings (SSSR count). The molecule has 1 aliphatic heterocycles. The van der Waals surface area contributed by atoms with Crippen LogP contribution in [0.4, 0.5) is 0 Å². The van der Waals surface area contributed by atoms with Crippen LogP contribution in [0.25, 0.3) is 0 Å². The van der Waals surface area contributed by atoms with E-state index in [2.05, 4.69) is 9.62 Å². The Hall–Kier alpha value is -0.850. The molecule has 0 unspecified atom stereocenters. The van der Waals surface area contributed by atoms with Crippen molar-refractivity contribution in [2.24, 2.45) is 0 Å². The van der Waals surface area contributed by atoms with Crippen molar-refractivity contribution in [3.63, 3.8) is 0 Å². The van der Waals surface area contributed by atoms with E-state index in [1.807, 2.05) is 0 Å². The number of rotatable bonds is 4. The lowest BCUT2D eigenvalue weighted by Gasteiger charge is -2.39. The quantitative estimate of drug-likeness (QED) is 0.927. The molecule has 2 aliphatic rings. The first-order valence-electron chi connectivity index (χ1n) is 7.94. The molecule has 0 radical (unpaired) electrons. The minimum absolute atomic E-state index is 0.0461. The van der Waals surface area contributed by atoms with E-state index in [9.17, 15) is 8.42 Å². The highest BCUT2D eigenvalue weighted by Crippen LogP contribution is 2.25. The predicted octanol–water partition coefficient (Wildman–Crippen LogP) is 2.35. The number of sulfonamides is 1. The third-order valence-electron chi connectivity index (χ3n) is 4.75. The van der Waals surface area contributed by atoms with Crippen LogP contribution >= 0.6 is 0 Å². The van der Waals surface area contributed by atoms with Crippen molar-refractivity contribution in [1.29, 1.82) is 0 Å². The zero-order valence-electron chi connectivity index (χ0n) is 12.3. The summed E-state index contributed by atoms with van der Waals surface area (Å²) in [5.41, 5.74) is 0. The maximum absolute atomic E-state index is 12.2. The molecule has 1 saturated heterocycles. The molecule has 0 bridgehead atoms. The lowest BCUT2D eigenvalue weighted by atomic mass is 9.92. The van der Waals surface area contributed by atoms with Crippen LogP contribution in [0, 0.1) is 0 Å². The normalized spacial score (nSPS) is 23.4. The van der Waals surface area contributed by atoms with Crippen molar-refractivity contribution >= 4 is 10.0 Å². The molecule has 1 aromatic heterocycles. The third kappa shape index (κ3) is 3.67. The largest absolute Gasteiger partial charge is 0.471 e. The van der Waals surface area contributed by atoms with Gasteiger partial charge in [0, 0.05) is 12.1 Å². The summed E-state index contributed by atoms with van der Waals surface area (Å²) >= 11 is 0. The minimum Gasteiger partial charge on any atom is -0.471 e. The van der Waals surface area contributed by atoms with Gasteiger partial charge in [-0.25, -0.2) is 13.1 Å². The van der Waals surface area contributed by atoms with Gasteiger partial charge in [0.2, 0.25) is 10.0 Å². The Morgan fingerprint density at radius 1 is 1.10 bits per heavy atom. The van der Waals surface area contributed by atoms with Crippen LogP contribution < -0.4 is 4.72 Å². The minimum atomic E-state index is -3.42. The van der Waals surface area contributed by atoms with Crippen molar-refractivity contribution in [3.05, 3.63) is 18.6 Å². The van der Waals surface area contributed by atoms with Gasteiger partial charge in [-0.15, -0.1) is 0 Å². The number of piperidine rings is 1. The molecule has 0 atom stereocenters.